The summed E-state index contributed by atoms with van der Waals surface area (Å²) in [6.45, 7) is 0. The Hall–Kier alpha value is -0.810. The lowest BCUT2D eigenvalue weighted by molar-refractivity contribution is -0.245. The predicted molar refractivity (Wildman–Crippen MR) is 19.2 cm³/mol. The Morgan fingerprint density at radius 2 is 1.67 bits per heavy atom. The summed E-state index contributed by atoms with van der Waals surface area (Å²) >= 11 is 0. The van der Waals surface area contributed by atoms with E-state index in [9.17, 15) is 0 Å². The van der Waals surface area contributed by atoms with Gasteiger partial charge in [-0.1, -0.05) is 0 Å². The van der Waals surface area contributed by atoms with Crippen LogP contribution in [0.5, 0.6) is 0 Å². The van der Waals surface area contributed by atoms with E-state index in [0.29, 0.717) is 0 Å². The quantitative estimate of drug-likeness (QED) is 0.355. The second-order valence-electron chi connectivity index (χ2n) is 0.319. The molecule has 0 aromatic heterocycles. The van der Waals surface area contributed by atoms with Crippen molar-refractivity contribution in [3.63, 3.8) is 0 Å². The highest BCUT2D eigenvalue weighted by Crippen LogP contribution is 1.23. The van der Waals surface area contributed by atoms with E-state index >= 15 is 0 Å². The lowest BCUT2D eigenvalue weighted by atomic mass is 11.3. The molecular weight excluding hydrogens is 88.0 g/mol. The first-order chi connectivity index (χ1) is 1.73. The van der Waals surface area contributed by atoms with Crippen LogP contribution < -0.4 is 17.0 Å². The SMILES string of the molecule is NC(=O)[O-].O.[NH4+]. The smallest absolute Gasteiger partial charge is 0.131 e. The van der Waals surface area contributed by atoms with Crippen molar-refractivity contribution >= 4 is 6.09 Å². The summed E-state index contributed by atoms with van der Waals surface area (Å²) in [5, 5.41) is 8.67. The Kier molecular flexibility index (Phi) is 28.1. The first-order valence-electron chi connectivity index (χ1n) is 0.697. The van der Waals surface area contributed by atoms with E-state index in [0.717, 1.165) is 0 Å². The van der Waals surface area contributed by atoms with Crippen LogP contribution in [0.15, 0.2) is 0 Å². The monoisotopic (exact) mass is 96.1 g/mol. The van der Waals surface area contributed by atoms with Crippen LogP contribution in [-0.2, 0) is 0 Å². The van der Waals surface area contributed by atoms with Crippen molar-refractivity contribution in [3.8, 4) is 0 Å². The second kappa shape index (κ2) is 8.89. The van der Waals surface area contributed by atoms with E-state index < -0.39 is 6.09 Å². The van der Waals surface area contributed by atoms with Gasteiger partial charge >= 0.3 is 0 Å². The maximum Gasteiger partial charge on any atom is 0.131 e. The van der Waals surface area contributed by atoms with Gasteiger partial charge in [0, 0.05) is 0 Å². The molecule has 0 aliphatic carbocycles. The Bertz CT molecular complexity index is 31.8. The van der Waals surface area contributed by atoms with Crippen molar-refractivity contribution in [2.24, 2.45) is 5.73 Å². The molecule has 0 unspecified atom stereocenters. The molecule has 0 fully saturated rings. The number of carbonyl (C=O) groups excluding carboxylic acids is 1. The molecule has 0 radical (unpaired) electrons. The largest absolute Gasteiger partial charge is 0.530 e. The third kappa shape index (κ3) is 23.3. The van der Waals surface area contributed by atoms with Crippen LogP contribution in [0.4, 0.5) is 4.79 Å². The van der Waals surface area contributed by atoms with E-state index in [4.69, 9.17) is 9.90 Å². The average molecular weight is 96.1 g/mol. The van der Waals surface area contributed by atoms with Crippen molar-refractivity contribution in [1.29, 1.82) is 0 Å². The minimum atomic E-state index is -1.58. The van der Waals surface area contributed by atoms with Crippen LogP contribution >= 0.6 is 0 Å². The van der Waals surface area contributed by atoms with Gasteiger partial charge in [0.05, 0.1) is 0 Å². The molecule has 0 saturated carbocycles. The van der Waals surface area contributed by atoms with Crippen molar-refractivity contribution < 1.29 is 15.4 Å². The highest BCUT2D eigenvalue weighted by molar-refractivity contribution is 5.58. The minimum Gasteiger partial charge on any atom is -0.530 e. The fraction of sp³-hybridized carbons (Fsp3) is 0. The standard InChI is InChI=1S/CH3NO2.H3N.H2O/c2-1(3)4;;/h2H2,(H,3,4);1H3;1H2. The molecule has 0 spiro atoms. The van der Waals surface area contributed by atoms with Crippen molar-refractivity contribution in [3.05, 3.63) is 0 Å². The third-order valence-corrected chi connectivity index (χ3v) is 0. The molecule has 5 heteroatoms. The minimum absolute atomic E-state index is 0. The van der Waals surface area contributed by atoms with Crippen molar-refractivity contribution in [1.82, 2.24) is 6.15 Å². The Morgan fingerprint density at radius 3 is 1.67 bits per heavy atom. The molecule has 40 valence electrons. The molecular formula is CH8N2O3. The van der Waals surface area contributed by atoms with Gasteiger partial charge in [-0.25, -0.2) is 0 Å². The summed E-state index contributed by atoms with van der Waals surface area (Å²) in [7, 11) is 0. The molecule has 0 aromatic carbocycles. The summed E-state index contributed by atoms with van der Waals surface area (Å²) in [6.07, 6.45) is -1.58. The molecule has 0 aliphatic rings. The van der Waals surface area contributed by atoms with Gasteiger partial charge in [0.1, 0.15) is 6.09 Å². The zero-order valence-electron chi connectivity index (χ0n) is 3.39. The predicted octanol–water partition coefficient (Wildman–Crippen LogP) is -2.16. The maximum atomic E-state index is 8.67. The molecule has 0 bridgehead atoms. The summed E-state index contributed by atoms with van der Waals surface area (Å²) in [5.74, 6) is 0. The number of quaternary nitrogens is 1. The highest BCUT2D eigenvalue weighted by Gasteiger charge is 1.44. The Balaban J connectivity index is -0.0000000450. The van der Waals surface area contributed by atoms with Gasteiger partial charge in [0.25, 0.3) is 0 Å². The summed E-state index contributed by atoms with van der Waals surface area (Å²) in [4.78, 5) is 8.67. The first-order valence-corrected chi connectivity index (χ1v) is 0.697. The average Bonchev–Trinajstić information content (AvgIpc) is 0.811. The van der Waals surface area contributed by atoms with E-state index in [1.807, 2.05) is 0 Å². The summed E-state index contributed by atoms with van der Waals surface area (Å²) < 4.78 is 0. The molecule has 0 rings (SSSR count). The van der Waals surface area contributed by atoms with Gasteiger partial charge in [-0.05, 0) is 0 Å². The van der Waals surface area contributed by atoms with E-state index in [-0.39, 0.29) is 11.6 Å². The van der Waals surface area contributed by atoms with Crippen LogP contribution in [0.25, 0.3) is 0 Å². The van der Waals surface area contributed by atoms with Crippen LogP contribution in [0.3, 0.4) is 0 Å². The first kappa shape index (κ1) is 19.0. The third-order valence-electron chi connectivity index (χ3n) is 0. The highest BCUT2D eigenvalue weighted by atomic mass is 16.4. The number of rotatable bonds is 0. The fourth-order valence-corrected chi connectivity index (χ4v) is 0. The molecule has 6 heavy (non-hydrogen) atoms. The Morgan fingerprint density at radius 1 is 1.67 bits per heavy atom. The molecule has 1 amide bonds. The maximum absolute atomic E-state index is 8.67. The number of amides is 1. The molecule has 0 aromatic rings. The van der Waals surface area contributed by atoms with Gasteiger partial charge in [0.15, 0.2) is 0 Å². The topological polar surface area (TPSA) is 134 Å². The van der Waals surface area contributed by atoms with Crippen LogP contribution in [0.2, 0.25) is 0 Å². The van der Waals surface area contributed by atoms with Crippen LogP contribution in [0, 0.1) is 0 Å². The van der Waals surface area contributed by atoms with Gasteiger partial charge in [0.2, 0.25) is 0 Å². The van der Waals surface area contributed by atoms with Gasteiger partial charge in [-0.15, -0.1) is 0 Å². The molecule has 0 aliphatic heterocycles. The number of hydrogen-bond acceptors (Lipinski definition) is 2. The van der Waals surface area contributed by atoms with Crippen LogP contribution in [0.1, 0.15) is 0 Å². The fourth-order valence-electron chi connectivity index (χ4n) is 0. The number of primary amides is 1. The lowest BCUT2D eigenvalue weighted by Crippen LogP contribution is -2.29. The summed E-state index contributed by atoms with van der Waals surface area (Å²) in [5.41, 5.74) is 3.92. The van der Waals surface area contributed by atoms with Gasteiger partial charge < -0.3 is 27.3 Å². The van der Waals surface area contributed by atoms with Crippen molar-refractivity contribution in [2.75, 3.05) is 0 Å². The van der Waals surface area contributed by atoms with E-state index in [1.54, 1.807) is 0 Å². The van der Waals surface area contributed by atoms with E-state index in [1.165, 1.54) is 0 Å². The normalized spacial score (nSPS) is 4.00. The molecule has 0 heterocycles. The summed E-state index contributed by atoms with van der Waals surface area (Å²) in [6, 6.07) is 0. The molecule has 5 nitrogen and oxygen atoms in total. The van der Waals surface area contributed by atoms with Gasteiger partial charge in [-0.2, -0.15) is 0 Å². The molecule has 8 N–H and O–H groups in total. The second-order valence-corrected chi connectivity index (χ2v) is 0.319. The number of carbonyl (C=O) groups is 1. The van der Waals surface area contributed by atoms with Crippen molar-refractivity contribution in [2.45, 2.75) is 0 Å². The zero-order valence-corrected chi connectivity index (χ0v) is 3.39. The lowest BCUT2D eigenvalue weighted by Gasteiger charge is -1.78. The zero-order chi connectivity index (χ0) is 3.58. The Labute approximate surface area is 34.7 Å². The number of hydrogen-bond donors (Lipinski definition) is 2. The molecule has 0 atom stereocenters. The number of nitrogens with two attached hydrogens (primary N) is 1. The van der Waals surface area contributed by atoms with E-state index in [2.05, 4.69) is 5.73 Å². The number of carboxylic acid groups (broad SMARTS) is 1. The van der Waals surface area contributed by atoms with Gasteiger partial charge in [-0.3, -0.25) is 0 Å². The molecule has 0 saturated heterocycles. The van der Waals surface area contributed by atoms with Crippen LogP contribution in [-0.4, -0.2) is 11.6 Å².